The third-order valence-electron chi connectivity index (χ3n) is 2.83. The zero-order chi connectivity index (χ0) is 14.2. The fraction of sp³-hybridized carbons (Fsp3) is 0.143. The Morgan fingerprint density at radius 1 is 1.00 bits per heavy atom. The molecule has 0 bridgehead atoms. The van der Waals surface area contributed by atoms with Crippen LogP contribution in [0.15, 0.2) is 30.3 Å². The summed E-state index contributed by atoms with van der Waals surface area (Å²) in [4.78, 5) is 0. The molecule has 100 valence electrons. The Balaban J connectivity index is 2.46. The van der Waals surface area contributed by atoms with Gasteiger partial charge in [0.15, 0.2) is 0 Å². The van der Waals surface area contributed by atoms with E-state index in [1.165, 1.54) is 12.1 Å². The molecule has 0 fully saturated rings. The lowest BCUT2D eigenvalue weighted by molar-refractivity contribution is 0.220. The van der Waals surface area contributed by atoms with Crippen molar-refractivity contribution in [2.75, 3.05) is 0 Å². The highest BCUT2D eigenvalue weighted by Crippen LogP contribution is 2.33. The highest BCUT2D eigenvalue weighted by atomic mass is 35.5. The first kappa shape index (κ1) is 14.6. The Labute approximate surface area is 125 Å². The van der Waals surface area contributed by atoms with Crippen molar-refractivity contribution >= 4 is 34.8 Å². The van der Waals surface area contributed by atoms with Crippen molar-refractivity contribution in [1.82, 2.24) is 0 Å². The molecular formula is C14H10Cl3FO. The zero-order valence-electron chi connectivity index (χ0n) is 9.92. The van der Waals surface area contributed by atoms with Gasteiger partial charge < -0.3 is 5.11 Å². The highest BCUT2D eigenvalue weighted by Gasteiger charge is 2.17. The van der Waals surface area contributed by atoms with Gasteiger partial charge in [-0.25, -0.2) is 4.39 Å². The molecule has 1 nitrogen and oxygen atoms in total. The lowest BCUT2D eigenvalue weighted by Gasteiger charge is -2.15. The Kier molecular flexibility index (Phi) is 4.36. The van der Waals surface area contributed by atoms with Crippen LogP contribution in [0.5, 0.6) is 0 Å². The van der Waals surface area contributed by atoms with Crippen molar-refractivity contribution in [1.29, 1.82) is 0 Å². The predicted molar refractivity (Wildman–Crippen MR) is 76.7 cm³/mol. The fourth-order valence-corrected chi connectivity index (χ4v) is 2.31. The number of aryl methyl sites for hydroxylation is 1. The molecule has 0 aliphatic rings. The Hall–Kier alpha value is -0.800. The molecule has 0 heterocycles. The zero-order valence-corrected chi connectivity index (χ0v) is 12.2. The quantitative estimate of drug-likeness (QED) is 0.809. The summed E-state index contributed by atoms with van der Waals surface area (Å²) in [5.74, 6) is -0.407. The van der Waals surface area contributed by atoms with Crippen LogP contribution in [0.4, 0.5) is 4.39 Å². The van der Waals surface area contributed by atoms with Gasteiger partial charge in [-0.1, -0.05) is 40.9 Å². The van der Waals surface area contributed by atoms with Gasteiger partial charge in [0.05, 0.1) is 10.0 Å². The van der Waals surface area contributed by atoms with Crippen LogP contribution in [0.25, 0.3) is 0 Å². The second kappa shape index (κ2) is 5.68. The van der Waals surface area contributed by atoms with Crippen LogP contribution >= 0.6 is 34.8 Å². The van der Waals surface area contributed by atoms with E-state index in [2.05, 4.69) is 0 Å². The Morgan fingerprint density at radius 3 is 2.32 bits per heavy atom. The first-order valence-corrected chi connectivity index (χ1v) is 6.62. The van der Waals surface area contributed by atoms with Crippen molar-refractivity contribution < 1.29 is 9.50 Å². The molecule has 1 unspecified atom stereocenters. The number of hydrogen-bond acceptors (Lipinski definition) is 1. The van der Waals surface area contributed by atoms with E-state index in [-0.39, 0.29) is 5.02 Å². The minimum atomic E-state index is -0.985. The normalized spacial score (nSPS) is 12.5. The summed E-state index contributed by atoms with van der Waals surface area (Å²) >= 11 is 17.7. The van der Waals surface area contributed by atoms with Gasteiger partial charge in [0.1, 0.15) is 11.9 Å². The topological polar surface area (TPSA) is 20.2 Å². The lowest BCUT2D eigenvalue weighted by Crippen LogP contribution is -2.02. The van der Waals surface area contributed by atoms with Crippen LogP contribution in [0.2, 0.25) is 15.1 Å². The smallest absolute Gasteiger partial charge is 0.127 e. The average Bonchev–Trinajstić information content (AvgIpc) is 2.36. The third kappa shape index (κ3) is 3.03. The van der Waals surface area contributed by atoms with E-state index in [0.29, 0.717) is 26.7 Å². The first-order chi connectivity index (χ1) is 8.90. The fourth-order valence-electron chi connectivity index (χ4n) is 1.75. The molecule has 0 aliphatic heterocycles. The van der Waals surface area contributed by atoms with Gasteiger partial charge in [-0.3, -0.25) is 0 Å². The van der Waals surface area contributed by atoms with Crippen LogP contribution in [-0.4, -0.2) is 5.11 Å². The van der Waals surface area contributed by atoms with Crippen LogP contribution in [-0.2, 0) is 0 Å². The number of aliphatic hydroxyl groups excluding tert-OH is 1. The Bertz CT molecular complexity index is 628. The minimum absolute atomic E-state index is 0.168. The SMILES string of the molecule is Cc1cc(C(O)c2ccc(Cl)c(Cl)c2)c(Cl)cc1F. The first-order valence-electron chi connectivity index (χ1n) is 5.48. The van der Waals surface area contributed by atoms with E-state index in [1.54, 1.807) is 25.1 Å². The van der Waals surface area contributed by atoms with E-state index in [1.807, 2.05) is 0 Å². The summed E-state index contributed by atoms with van der Waals surface area (Å²) in [5, 5.41) is 11.2. The summed E-state index contributed by atoms with van der Waals surface area (Å²) in [6.07, 6.45) is -0.985. The molecule has 0 saturated heterocycles. The molecule has 2 aromatic carbocycles. The van der Waals surface area contributed by atoms with E-state index in [4.69, 9.17) is 34.8 Å². The summed E-state index contributed by atoms with van der Waals surface area (Å²) in [7, 11) is 0. The van der Waals surface area contributed by atoms with Gasteiger partial charge in [-0.15, -0.1) is 0 Å². The van der Waals surface area contributed by atoms with E-state index in [0.717, 1.165) is 0 Å². The number of aliphatic hydroxyl groups is 1. The number of hydrogen-bond donors (Lipinski definition) is 1. The molecular weight excluding hydrogens is 310 g/mol. The van der Waals surface area contributed by atoms with Gasteiger partial charge in [-0.2, -0.15) is 0 Å². The van der Waals surface area contributed by atoms with Gasteiger partial charge in [0.25, 0.3) is 0 Å². The molecule has 1 N–H and O–H groups in total. The molecule has 2 rings (SSSR count). The van der Waals surface area contributed by atoms with Crippen molar-refractivity contribution in [3.8, 4) is 0 Å². The second-order valence-electron chi connectivity index (χ2n) is 4.20. The summed E-state index contributed by atoms with van der Waals surface area (Å²) in [5.41, 5.74) is 1.39. The van der Waals surface area contributed by atoms with Gasteiger partial charge in [-0.05, 0) is 42.3 Å². The number of halogens is 4. The van der Waals surface area contributed by atoms with Crippen LogP contribution in [0, 0.1) is 12.7 Å². The summed E-state index contributed by atoms with van der Waals surface area (Å²) in [6, 6.07) is 7.50. The molecule has 0 spiro atoms. The van der Waals surface area contributed by atoms with Crippen molar-refractivity contribution in [3.63, 3.8) is 0 Å². The molecule has 5 heteroatoms. The van der Waals surface area contributed by atoms with Crippen molar-refractivity contribution in [2.45, 2.75) is 13.0 Å². The highest BCUT2D eigenvalue weighted by molar-refractivity contribution is 6.42. The Morgan fingerprint density at radius 2 is 1.68 bits per heavy atom. The summed E-state index contributed by atoms with van der Waals surface area (Å²) in [6.45, 7) is 1.61. The van der Waals surface area contributed by atoms with E-state index >= 15 is 0 Å². The largest absolute Gasteiger partial charge is 0.384 e. The molecule has 0 aliphatic carbocycles. The number of rotatable bonds is 2. The second-order valence-corrected chi connectivity index (χ2v) is 5.42. The molecule has 0 amide bonds. The van der Waals surface area contributed by atoms with Crippen molar-refractivity contribution in [3.05, 3.63) is 67.9 Å². The maximum Gasteiger partial charge on any atom is 0.127 e. The van der Waals surface area contributed by atoms with Gasteiger partial charge in [0, 0.05) is 10.6 Å². The monoisotopic (exact) mass is 318 g/mol. The molecule has 19 heavy (non-hydrogen) atoms. The van der Waals surface area contributed by atoms with E-state index < -0.39 is 11.9 Å². The van der Waals surface area contributed by atoms with Crippen LogP contribution in [0.3, 0.4) is 0 Å². The molecule has 0 saturated carbocycles. The van der Waals surface area contributed by atoms with Crippen LogP contribution < -0.4 is 0 Å². The maximum atomic E-state index is 13.3. The molecule has 1 atom stereocenters. The predicted octanol–water partition coefficient (Wildman–Crippen LogP) is 5.18. The van der Waals surface area contributed by atoms with E-state index in [9.17, 15) is 9.50 Å². The lowest BCUT2D eigenvalue weighted by atomic mass is 10.00. The maximum absolute atomic E-state index is 13.3. The average molecular weight is 320 g/mol. The standard InChI is InChI=1S/C14H10Cl3FO/c1-7-4-9(11(16)6-13(7)18)14(19)8-2-3-10(15)12(17)5-8/h2-6,14,19H,1H3. The molecule has 0 radical (unpaired) electrons. The van der Waals surface area contributed by atoms with Crippen LogP contribution in [0.1, 0.15) is 22.8 Å². The van der Waals surface area contributed by atoms with Crippen molar-refractivity contribution in [2.24, 2.45) is 0 Å². The molecule has 0 aromatic heterocycles. The van der Waals surface area contributed by atoms with Gasteiger partial charge >= 0.3 is 0 Å². The third-order valence-corrected chi connectivity index (χ3v) is 3.90. The number of benzene rings is 2. The molecule has 2 aromatic rings. The minimum Gasteiger partial charge on any atom is -0.384 e. The summed E-state index contributed by atoms with van der Waals surface area (Å²) < 4.78 is 13.3. The van der Waals surface area contributed by atoms with Gasteiger partial charge in [0.2, 0.25) is 0 Å².